The number of hydrogen-bond donors (Lipinski definition) is 2. The predicted molar refractivity (Wildman–Crippen MR) is 81.4 cm³/mol. The van der Waals surface area contributed by atoms with Crippen molar-refractivity contribution in [1.29, 1.82) is 0 Å². The average molecular weight is 315 g/mol. The standard InChI is InChI=1S/C15H13N3O5/c1-22-7-3-4-9(10(5-7)23-2)18-11(19)6-8-12(13(18)16)15(21)17-14(8)20/h3-6H,16H2,1-2H3,(H,17,20,21). The van der Waals surface area contributed by atoms with Crippen LogP contribution >= 0.6 is 0 Å². The van der Waals surface area contributed by atoms with E-state index in [4.69, 9.17) is 15.2 Å². The first-order valence-corrected chi connectivity index (χ1v) is 6.61. The SMILES string of the molecule is COc1ccc(-n2c(N)c3c(cc2=O)C(=O)NC3=O)c(OC)c1. The summed E-state index contributed by atoms with van der Waals surface area (Å²) in [4.78, 5) is 35.9. The molecule has 0 fully saturated rings. The fourth-order valence-corrected chi connectivity index (χ4v) is 2.50. The van der Waals surface area contributed by atoms with Gasteiger partial charge in [0.15, 0.2) is 0 Å². The highest BCUT2D eigenvalue weighted by Crippen LogP contribution is 2.30. The zero-order chi connectivity index (χ0) is 16.7. The first-order valence-electron chi connectivity index (χ1n) is 6.61. The van der Waals surface area contributed by atoms with E-state index < -0.39 is 17.4 Å². The number of anilines is 1. The number of nitrogens with two attached hydrogens (primary N) is 1. The Kier molecular flexibility index (Phi) is 3.29. The number of nitrogens with one attached hydrogen (secondary N) is 1. The normalized spacial score (nSPS) is 12.8. The van der Waals surface area contributed by atoms with Gasteiger partial charge in [0, 0.05) is 12.1 Å². The summed E-state index contributed by atoms with van der Waals surface area (Å²) in [6, 6.07) is 5.87. The molecule has 0 saturated carbocycles. The molecule has 1 aliphatic rings. The molecule has 2 aromatic rings. The number of carbonyl (C=O) groups is 2. The summed E-state index contributed by atoms with van der Waals surface area (Å²) in [5.74, 6) is -0.528. The van der Waals surface area contributed by atoms with Crippen LogP contribution in [-0.2, 0) is 0 Å². The van der Waals surface area contributed by atoms with Gasteiger partial charge in [0.1, 0.15) is 17.3 Å². The Bertz CT molecular complexity index is 901. The first-order chi connectivity index (χ1) is 11.0. The van der Waals surface area contributed by atoms with E-state index in [9.17, 15) is 14.4 Å². The molecular formula is C15H13N3O5. The van der Waals surface area contributed by atoms with Gasteiger partial charge in [-0.25, -0.2) is 0 Å². The van der Waals surface area contributed by atoms with E-state index in [1.165, 1.54) is 14.2 Å². The minimum Gasteiger partial charge on any atom is -0.497 e. The van der Waals surface area contributed by atoms with Crippen LogP contribution in [0.5, 0.6) is 11.5 Å². The van der Waals surface area contributed by atoms with Crippen molar-refractivity contribution in [2.24, 2.45) is 0 Å². The van der Waals surface area contributed by atoms with Gasteiger partial charge in [0.2, 0.25) is 0 Å². The van der Waals surface area contributed by atoms with Crippen LogP contribution in [0.1, 0.15) is 20.7 Å². The lowest BCUT2D eigenvalue weighted by molar-refractivity contribution is 0.0880. The van der Waals surface area contributed by atoms with Crippen molar-refractivity contribution in [3.63, 3.8) is 0 Å². The second-order valence-electron chi connectivity index (χ2n) is 4.81. The molecule has 118 valence electrons. The quantitative estimate of drug-likeness (QED) is 0.789. The van der Waals surface area contributed by atoms with Crippen molar-refractivity contribution in [2.75, 3.05) is 20.0 Å². The summed E-state index contributed by atoms with van der Waals surface area (Å²) in [6.07, 6.45) is 0. The van der Waals surface area contributed by atoms with Crippen LogP contribution in [0.4, 0.5) is 5.82 Å². The predicted octanol–water partition coefficient (Wildman–Crippen LogP) is 0.320. The number of ether oxygens (including phenoxy) is 2. The number of rotatable bonds is 3. The van der Waals surface area contributed by atoms with Gasteiger partial charge in [-0.3, -0.25) is 24.3 Å². The van der Waals surface area contributed by atoms with Crippen molar-refractivity contribution in [2.45, 2.75) is 0 Å². The molecule has 0 spiro atoms. The number of nitrogen functional groups attached to an aromatic ring is 1. The van der Waals surface area contributed by atoms with Crippen LogP contribution in [0.3, 0.4) is 0 Å². The Morgan fingerprint density at radius 2 is 1.78 bits per heavy atom. The van der Waals surface area contributed by atoms with Gasteiger partial charge in [0.25, 0.3) is 17.4 Å². The van der Waals surface area contributed by atoms with E-state index in [-0.39, 0.29) is 16.9 Å². The van der Waals surface area contributed by atoms with E-state index >= 15 is 0 Å². The third-order valence-electron chi connectivity index (χ3n) is 3.58. The fraction of sp³-hybridized carbons (Fsp3) is 0.133. The number of nitrogens with zero attached hydrogens (tertiary/aromatic N) is 1. The number of fused-ring (bicyclic) bond motifs is 1. The Hall–Kier alpha value is -3.29. The first kappa shape index (κ1) is 14.6. The Morgan fingerprint density at radius 1 is 1.04 bits per heavy atom. The molecule has 2 amide bonds. The van der Waals surface area contributed by atoms with Crippen LogP contribution in [0.2, 0.25) is 0 Å². The summed E-state index contributed by atoms with van der Waals surface area (Å²) >= 11 is 0. The smallest absolute Gasteiger partial charge is 0.262 e. The third kappa shape index (κ3) is 2.11. The summed E-state index contributed by atoms with van der Waals surface area (Å²) in [5.41, 5.74) is 5.72. The molecule has 0 atom stereocenters. The lowest BCUT2D eigenvalue weighted by Gasteiger charge is -2.15. The molecule has 3 rings (SSSR count). The van der Waals surface area contributed by atoms with Crippen molar-refractivity contribution >= 4 is 17.6 Å². The van der Waals surface area contributed by atoms with E-state index in [1.807, 2.05) is 0 Å². The van der Waals surface area contributed by atoms with Crippen molar-refractivity contribution in [3.05, 3.63) is 45.7 Å². The molecule has 23 heavy (non-hydrogen) atoms. The van der Waals surface area contributed by atoms with Crippen molar-refractivity contribution in [3.8, 4) is 17.2 Å². The van der Waals surface area contributed by atoms with Gasteiger partial charge in [-0.1, -0.05) is 0 Å². The molecule has 0 aliphatic carbocycles. The van der Waals surface area contributed by atoms with Crippen molar-refractivity contribution < 1.29 is 19.1 Å². The number of imide groups is 1. The Morgan fingerprint density at radius 3 is 2.43 bits per heavy atom. The van der Waals surface area contributed by atoms with Gasteiger partial charge in [0.05, 0.1) is 31.0 Å². The molecule has 1 aliphatic heterocycles. The molecule has 1 aromatic carbocycles. The maximum Gasteiger partial charge on any atom is 0.262 e. The summed E-state index contributed by atoms with van der Waals surface area (Å²) in [6.45, 7) is 0. The van der Waals surface area contributed by atoms with Crippen LogP contribution in [0.25, 0.3) is 5.69 Å². The highest BCUT2D eigenvalue weighted by Gasteiger charge is 2.32. The van der Waals surface area contributed by atoms with E-state index in [0.29, 0.717) is 17.2 Å². The number of hydrogen-bond acceptors (Lipinski definition) is 6. The summed E-state index contributed by atoms with van der Waals surface area (Å²) in [5, 5.41) is 2.11. The van der Waals surface area contributed by atoms with Gasteiger partial charge in [-0.15, -0.1) is 0 Å². The highest BCUT2D eigenvalue weighted by molar-refractivity contribution is 6.23. The minimum absolute atomic E-state index is 0.0209. The number of aromatic nitrogens is 1. The molecule has 3 N–H and O–H groups in total. The Balaban J connectivity index is 2.31. The monoisotopic (exact) mass is 315 g/mol. The number of carbonyl (C=O) groups excluding carboxylic acids is 2. The van der Waals surface area contributed by atoms with E-state index in [2.05, 4.69) is 5.32 Å². The number of pyridine rings is 1. The topological polar surface area (TPSA) is 113 Å². The van der Waals surface area contributed by atoms with E-state index in [1.54, 1.807) is 18.2 Å². The van der Waals surface area contributed by atoms with Gasteiger partial charge in [-0.05, 0) is 12.1 Å². The third-order valence-corrected chi connectivity index (χ3v) is 3.58. The molecule has 0 unspecified atom stereocenters. The fourth-order valence-electron chi connectivity index (χ4n) is 2.50. The van der Waals surface area contributed by atoms with E-state index in [0.717, 1.165) is 10.6 Å². The molecule has 2 heterocycles. The van der Waals surface area contributed by atoms with Crippen LogP contribution in [-0.4, -0.2) is 30.6 Å². The second-order valence-corrected chi connectivity index (χ2v) is 4.81. The number of methoxy groups -OCH3 is 2. The Labute approximate surface area is 130 Å². The second kappa shape index (κ2) is 5.16. The highest BCUT2D eigenvalue weighted by atomic mass is 16.5. The molecule has 8 heteroatoms. The van der Waals surface area contributed by atoms with Crippen LogP contribution < -0.4 is 26.1 Å². The maximum absolute atomic E-state index is 12.4. The summed E-state index contributed by atoms with van der Waals surface area (Å²) in [7, 11) is 2.93. The summed E-state index contributed by atoms with van der Waals surface area (Å²) < 4.78 is 11.5. The molecule has 0 radical (unpaired) electrons. The molecule has 8 nitrogen and oxygen atoms in total. The lowest BCUT2D eigenvalue weighted by Crippen LogP contribution is -2.24. The number of amides is 2. The minimum atomic E-state index is -0.636. The van der Waals surface area contributed by atoms with Crippen LogP contribution in [0.15, 0.2) is 29.1 Å². The number of benzene rings is 1. The maximum atomic E-state index is 12.4. The lowest BCUT2D eigenvalue weighted by atomic mass is 10.1. The zero-order valence-electron chi connectivity index (χ0n) is 12.4. The molecular weight excluding hydrogens is 302 g/mol. The van der Waals surface area contributed by atoms with Gasteiger partial charge >= 0.3 is 0 Å². The van der Waals surface area contributed by atoms with Gasteiger partial charge < -0.3 is 15.2 Å². The van der Waals surface area contributed by atoms with Crippen molar-refractivity contribution in [1.82, 2.24) is 9.88 Å². The molecule has 0 bridgehead atoms. The van der Waals surface area contributed by atoms with Crippen LogP contribution in [0, 0.1) is 0 Å². The molecule has 0 saturated heterocycles. The largest absolute Gasteiger partial charge is 0.497 e. The average Bonchev–Trinajstić information content (AvgIpc) is 2.81. The molecule has 1 aromatic heterocycles. The zero-order valence-corrected chi connectivity index (χ0v) is 12.4. The van der Waals surface area contributed by atoms with Gasteiger partial charge in [-0.2, -0.15) is 0 Å².